The van der Waals surface area contributed by atoms with Crippen molar-refractivity contribution >= 4 is 28.9 Å². The lowest BCUT2D eigenvalue weighted by atomic mass is 10.1. The smallest absolute Gasteiger partial charge is 0.359 e. The fourth-order valence-electron chi connectivity index (χ4n) is 3.67. The average molecular weight is 406 g/mol. The molecule has 1 fully saturated rings. The summed E-state index contributed by atoms with van der Waals surface area (Å²) in [7, 11) is 0. The molecule has 30 heavy (non-hydrogen) atoms. The first kappa shape index (κ1) is 19.9. The Hall–Kier alpha value is -3.35. The van der Waals surface area contributed by atoms with E-state index in [4.69, 9.17) is 4.74 Å². The SMILES string of the molecule is Cc1cccc2nc(C(=O)O[C@@H](C)C(=O)Nc3ccc(N4CCCCC4)cc3)cn12. The number of hydrogen-bond acceptors (Lipinski definition) is 5. The van der Waals surface area contributed by atoms with Gasteiger partial charge in [0.15, 0.2) is 11.8 Å². The number of amides is 1. The van der Waals surface area contributed by atoms with Crippen LogP contribution in [-0.4, -0.2) is 40.5 Å². The van der Waals surface area contributed by atoms with Gasteiger partial charge in [-0.15, -0.1) is 0 Å². The molecule has 3 aromatic rings. The lowest BCUT2D eigenvalue weighted by Crippen LogP contribution is -2.30. The topological polar surface area (TPSA) is 75.9 Å². The highest BCUT2D eigenvalue weighted by Crippen LogP contribution is 2.22. The van der Waals surface area contributed by atoms with E-state index in [0.29, 0.717) is 11.3 Å². The number of fused-ring (bicyclic) bond motifs is 1. The second-order valence-corrected chi connectivity index (χ2v) is 7.65. The molecule has 0 saturated carbocycles. The number of pyridine rings is 1. The van der Waals surface area contributed by atoms with Crippen LogP contribution in [0.1, 0.15) is 42.4 Å². The highest BCUT2D eigenvalue weighted by atomic mass is 16.5. The number of rotatable bonds is 5. The molecule has 2 aromatic heterocycles. The number of aromatic nitrogens is 2. The van der Waals surface area contributed by atoms with E-state index in [0.717, 1.165) is 24.5 Å². The van der Waals surface area contributed by atoms with Crippen molar-refractivity contribution < 1.29 is 14.3 Å². The van der Waals surface area contributed by atoms with Gasteiger partial charge in [0.2, 0.25) is 0 Å². The van der Waals surface area contributed by atoms with Gasteiger partial charge in [0.05, 0.1) is 0 Å². The maximum atomic E-state index is 12.5. The monoisotopic (exact) mass is 406 g/mol. The zero-order valence-corrected chi connectivity index (χ0v) is 17.3. The van der Waals surface area contributed by atoms with Gasteiger partial charge in [-0.25, -0.2) is 9.78 Å². The number of hydrogen-bond donors (Lipinski definition) is 1. The van der Waals surface area contributed by atoms with Crippen LogP contribution in [0.3, 0.4) is 0 Å². The maximum Gasteiger partial charge on any atom is 0.359 e. The second kappa shape index (κ2) is 8.57. The molecule has 156 valence electrons. The molecule has 0 unspecified atom stereocenters. The first-order valence-corrected chi connectivity index (χ1v) is 10.3. The Morgan fingerprint density at radius 2 is 1.80 bits per heavy atom. The van der Waals surface area contributed by atoms with Gasteiger partial charge in [-0.2, -0.15) is 0 Å². The molecule has 1 amide bonds. The van der Waals surface area contributed by atoms with E-state index in [-0.39, 0.29) is 11.6 Å². The maximum absolute atomic E-state index is 12.5. The Bertz CT molecular complexity index is 1050. The lowest BCUT2D eigenvalue weighted by Gasteiger charge is -2.28. The number of imidazole rings is 1. The van der Waals surface area contributed by atoms with Gasteiger partial charge < -0.3 is 19.4 Å². The summed E-state index contributed by atoms with van der Waals surface area (Å²) in [5, 5.41) is 2.80. The number of piperidine rings is 1. The number of carbonyl (C=O) groups is 2. The molecule has 0 aliphatic carbocycles. The van der Waals surface area contributed by atoms with E-state index in [2.05, 4.69) is 15.2 Å². The van der Waals surface area contributed by atoms with Crippen LogP contribution in [0.5, 0.6) is 0 Å². The fraction of sp³-hybridized carbons (Fsp3) is 0.348. The highest BCUT2D eigenvalue weighted by molar-refractivity contribution is 5.97. The number of anilines is 2. The fourth-order valence-corrected chi connectivity index (χ4v) is 3.67. The van der Waals surface area contributed by atoms with Crippen LogP contribution in [0.25, 0.3) is 5.65 Å². The number of aryl methyl sites for hydroxylation is 1. The highest BCUT2D eigenvalue weighted by Gasteiger charge is 2.21. The Morgan fingerprint density at radius 3 is 2.50 bits per heavy atom. The van der Waals surface area contributed by atoms with Crippen LogP contribution in [0, 0.1) is 6.92 Å². The zero-order valence-electron chi connectivity index (χ0n) is 17.3. The summed E-state index contributed by atoms with van der Waals surface area (Å²) in [6.45, 7) is 5.62. The minimum atomic E-state index is -0.940. The van der Waals surface area contributed by atoms with E-state index >= 15 is 0 Å². The second-order valence-electron chi connectivity index (χ2n) is 7.65. The number of esters is 1. The molecule has 1 saturated heterocycles. The predicted octanol–water partition coefficient (Wildman–Crippen LogP) is 3.82. The Kier molecular flexibility index (Phi) is 5.70. The summed E-state index contributed by atoms with van der Waals surface area (Å²) in [6, 6.07) is 13.4. The number of carbonyl (C=O) groups excluding carboxylic acids is 2. The summed E-state index contributed by atoms with van der Waals surface area (Å²) < 4.78 is 7.13. The first-order valence-electron chi connectivity index (χ1n) is 10.3. The van der Waals surface area contributed by atoms with Crippen molar-refractivity contribution in [2.75, 3.05) is 23.3 Å². The molecular weight excluding hydrogens is 380 g/mol. The number of nitrogens with zero attached hydrogens (tertiary/aromatic N) is 3. The third kappa shape index (κ3) is 4.30. The average Bonchev–Trinajstić information content (AvgIpc) is 3.21. The van der Waals surface area contributed by atoms with Crippen molar-refractivity contribution in [3.05, 3.63) is 60.0 Å². The van der Waals surface area contributed by atoms with E-state index in [1.54, 1.807) is 13.1 Å². The minimum Gasteiger partial charge on any atom is -0.448 e. The molecule has 4 rings (SSSR count). The Labute approximate surface area is 175 Å². The summed E-state index contributed by atoms with van der Waals surface area (Å²) in [5.41, 5.74) is 3.63. The number of nitrogens with one attached hydrogen (secondary N) is 1. The van der Waals surface area contributed by atoms with Gasteiger partial charge in [-0.05, 0) is 69.5 Å². The molecule has 0 radical (unpaired) electrons. The van der Waals surface area contributed by atoms with Crippen LogP contribution >= 0.6 is 0 Å². The zero-order chi connectivity index (χ0) is 21.1. The molecule has 1 aliphatic heterocycles. The predicted molar refractivity (Wildman–Crippen MR) is 116 cm³/mol. The summed E-state index contributed by atoms with van der Waals surface area (Å²) in [4.78, 5) is 31.5. The molecule has 7 heteroatoms. The van der Waals surface area contributed by atoms with E-state index in [9.17, 15) is 9.59 Å². The normalized spacial score (nSPS) is 15.1. The standard InChI is InChI=1S/C23H26N4O3/c1-16-7-6-8-21-25-20(15-27(16)21)23(29)30-17(2)22(28)24-18-9-11-19(12-10-18)26-13-4-3-5-14-26/h6-12,15,17H,3-5,13-14H2,1-2H3,(H,24,28)/t17-/m0/s1. The Balaban J connectivity index is 1.36. The largest absolute Gasteiger partial charge is 0.448 e. The van der Waals surface area contributed by atoms with Crippen molar-refractivity contribution in [3.63, 3.8) is 0 Å². The molecule has 1 aliphatic rings. The van der Waals surface area contributed by atoms with Gasteiger partial charge in [-0.3, -0.25) is 4.79 Å². The van der Waals surface area contributed by atoms with Crippen molar-refractivity contribution in [2.24, 2.45) is 0 Å². The van der Waals surface area contributed by atoms with Gasteiger partial charge in [-0.1, -0.05) is 6.07 Å². The third-order valence-electron chi connectivity index (χ3n) is 5.41. The van der Waals surface area contributed by atoms with E-state index < -0.39 is 12.1 Å². The minimum absolute atomic E-state index is 0.176. The molecule has 0 bridgehead atoms. The lowest BCUT2D eigenvalue weighted by molar-refractivity contribution is -0.123. The van der Waals surface area contributed by atoms with Crippen LogP contribution in [-0.2, 0) is 9.53 Å². The third-order valence-corrected chi connectivity index (χ3v) is 5.41. The Morgan fingerprint density at radius 1 is 1.07 bits per heavy atom. The quantitative estimate of drug-likeness (QED) is 0.652. The first-order chi connectivity index (χ1) is 14.5. The van der Waals surface area contributed by atoms with Crippen LogP contribution < -0.4 is 10.2 Å². The molecule has 1 N–H and O–H groups in total. The van der Waals surface area contributed by atoms with Crippen LogP contribution in [0.2, 0.25) is 0 Å². The van der Waals surface area contributed by atoms with Gasteiger partial charge >= 0.3 is 5.97 Å². The number of benzene rings is 1. The summed E-state index contributed by atoms with van der Waals surface area (Å²) >= 11 is 0. The van der Waals surface area contributed by atoms with Crippen molar-refractivity contribution in [3.8, 4) is 0 Å². The van der Waals surface area contributed by atoms with Crippen molar-refractivity contribution in [2.45, 2.75) is 39.2 Å². The molecule has 3 heterocycles. The summed E-state index contributed by atoms with van der Waals surface area (Å²) in [5.74, 6) is -1.00. The van der Waals surface area contributed by atoms with Gasteiger partial charge in [0.25, 0.3) is 5.91 Å². The molecule has 0 spiro atoms. The van der Waals surface area contributed by atoms with E-state index in [1.165, 1.54) is 19.3 Å². The van der Waals surface area contributed by atoms with Crippen LogP contribution in [0.4, 0.5) is 11.4 Å². The molecular formula is C23H26N4O3. The van der Waals surface area contributed by atoms with Gasteiger partial charge in [0.1, 0.15) is 5.65 Å². The van der Waals surface area contributed by atoms with E-state index in [1.807, 2.05) is 53.8 Å². The number of ether oxygens (including phenoxy) is 1. The van der Waals surface area contributed by atoms with Gasteiger partial charge in [0, 0.05) is 36.4 Å². The molecule has 7 nitrogen and oxygen atoms in total. The van der Waals surface area contributed by atoms with Crippen molar-refractivity contribution in [1.29, 1.82) is 0 Å². The molecule has 1 atom stereocenters. The summed E-state index contributed by atoms with van der Waals surface area (Å²) in [6.07, 6.45) is 4.40. The molecule has 1 aromatic carbocycles. The van der Waals surface area contributed by atoms with Crippen molar-refractivity contribution in [1.82, 2.24) is 9.38 Å². The van der Waals surface area contributed by atoms with Crippen LogP contribution in [0.15, 0.2) is 48.7 Å².